The summed E-state index contributed by atoms with van der Waals surface area (Å²) in [7, 11) is 0. The lowest BCUT2D eigenvalue weighted by Crippen LogP contribution is -2.42. The highest BCUT2D eigenvalue weighted by atomic mass is 16.6. The van der Waals surface area contributed by atoms with Gasteiger partial charge in [0.2, 0.25) is 5.91 Å². The molecule has 3 amide bonds. The number of carbonyl (C=O) groups is 4. The van der Waals surface area contributed by atoms with Gasteiger partial charge in [0.1, 0.15) is 12.1 Å². The van der Waals surface area contributed by atoms with E-state index in [0.717, 1.165) is 42.4 Å². The van der Waals surface area contributed by atoms with Crippen LogP contribution in [0.5, 0.6) is 0 Å². The van der Waals surface area contributed by atoms with Crippen molar-refractivity contribution in [2.45, 2.75) is 64.5 Å². The third kappa shape index (κ3) is 8.69. The van der Waals surface area contributed by atoms with Gasteiger partial charge in [0.25, 0.3) is 5.91 Å². The van der Waals surface area contributed by atoms with Crippen molar-refractivity contribution in [3.8, 4) is 0 Å². The molecule has 0 aromatic heterocycles. The van der Waals surface area contributed by atoms with Crippen LogP contribution in [-0.2, 0) is 20.7 Å². The molecule has 44 heavy (non-hydrogen) atoms. The van der Waals surface area contributed by atoms with Crippen LogP contribution in [0.25, 0.3) is 0 Å². The van der Waals surface area contributed by atoms with Crippen LogP contribution in [0.2, 0.25) is 0 Å². The van der Waals surface area contributed by atoms with E-state index in [1.54, 1.807) is 11.0 Å². The second kappa shape index (κ2) is 14.7. The van der Waals surface area contributed by atoms with Gasteiger partial charge in [-0.2, -0.15) is 0 Å². The van der Waals surface area contributed by atoms with E-state index < -0.39 is 23.7 Å². The number of hydrogen-bond donors (Lipinski definition) is 2. The molecule has 232 valence electrons. The van der Waals surface area contributed by atoms with Crippen molar-refractivity contribution in [1.82, 2.24) is 10.2 Å². The maximum atomic E-state index is 14.1. The fourth-order valence-electron chi connectivity index (χ4n) is 5.32. The van der Waals surface area contributed by atoms with E-state index in [0.29, 0.717) is 17.8 Å². The Morgan fingerprint density at radius 3 is 2.14 bits per heavy atom. The first-order valence-electron chi connectivity index (χ1n) is 15.1. The first-order valence-corrected chi connectivity index (χ1v) is 15.1. The number of ether oxygens (including phenoxy) is 1. The fourth-order valence-corrected chi connectivity index (χ4v) is 5.32. The molecule has 3 aromatic carbocycles. The number of amides is 3. The van der Waals surface area contributed by atoms with Crippen molar-refractivity contribution >= 4 is 29.6 Å². The molecule has 2 N–H and O–H groups in total. The molecule has 0 atom stereocenters. The third-order valence-electron chi connectivity index (χ3n) is 7.33. The molecule has 1 aliphatic rings. The van der Waals surface area contributed by atoms with Crippen molar-refractivity contribution in [2.24, 2.45) is 0 Å². The zero-order valence-electron chi connectivity index (χ0n) is 25.6. The number of carboxylic acid groups (broad SMARTS) is 1. The number of fused-ring (bicyclic) bond motifs is 1. The van der Waals surface area contributed by atoms with Gasteiger partial charge in [-0.3, -0.25) is 19.3 Å². The Kier molecular flexibility index (Phi) is 10.8. The SMILES string of the molecule is CC(C)(C)OC(=O)NCCCCCc1ccc2c(c1)N(C(c1ccccc1)c1ccccc1)C(=O)CN(CCC(=O)O)C2=O. The molecule has 9 nitrogen and oxygen atoms in total. The zero-order chi connectivity index (χ0) is 31.7. The number of alkyl carbamates (subject to hydrolysis) is 1. The van der Waals surface area contributed by atoms with Crippen LogP contribution < -0.4 is 10.2 Å². The first kappa shape index (κ1) is 32.3. The Bertz CT molecular complexity index is 1410. The highest BCUT2D eigenvalue weighted by Crippen LogP contribution is 2.38. The molecule has 1 aliphatic heterocycles. The lowest BCUT2D eigenvalue weighted by molar-refractivity contribution is -0.137. The monoisotopic (exact) mass is 599 g/mol. The predicted octanol–water partition coefficient (Wildman–Crippen LogP) is 5.98. The maximum Gasteiger partial charge on any atom is 0.407 e. The lowest BCUT2D eigenvalue weighted by Gasteiger charge is -2.33. The molecule has 0 unspecified atom stereocenters. The molecule has 0 saturated carbocycles. The summed E-state index contributed by atoms with van der Waals surface area (Å²) in [6.45, 7) is 5.70. The van der Waals surface area contributed by atoms with E-state index in [9.17, 15) is 24.3 Å². The summed E-state index contributed by atoms with van der Waals surface area (Å²) >= 11 is 0. The smallest absolute Gasteiger partial charge is 0.407 e. The molecule has 3 aromatic rings. The number of benzene rings is 3. The number of anilines is 1. The topological polar surface area (TPSA) is 116 Å². The number of hydrogen-bond acceptors (Lipinski definition) is 5. The van der Waals surface area contributed by atoms with Gasteiger partial charge in [0, 0.05) is 13.1 Å². The van der Waals surface area contributed by atoms with Crippen LogP contribution in [0.4, 0.5) is 10.5 Å². The molecule has 0 radical (unpaired) electrons. The Morgan fingerprint density at radius 2 is 1.55 bits per heavy atom. The molecule has 4 rings (SSSR count). The van der Waals surface area contributed by atoms with E-state index in [-0.39, 0.29) is 31.3 Å². The standard InChI is InChI=1S/C35H41N3O6/c1-35(2,3)44-34(43)36-21-12-6-7-13-25-18-19-28-29(23-25)38(30(39)24-37(33(28)42)22-20-31(40)41)32(26-14-8-4-9-15-26)27-16-10-5-11-17-27/h4-5,8-11,14-19,23,32H,6-7,12-13,20-22,24H2,1-3H3,(H,36,43)(H,40,41). The molecular weight excluding hydrogens is 558 g/mol. The van der Waals surface area contributed by atoms with Gasteiger partial charge < -0.3 is 20.1 Å². The number of carbonyl (C=O) groups excluding carboxylic acids is 3. The fraction of sp³-hybridized carbons (Fsp3) is 0.371. The number of rotatable bonds is 12. The number of unbranched alkanes of at least 4 members (excludes halogenated alkanes) is 2. The molecule has 0 aliphatic carbocycles. The van der Waals surface area contributed by atoms with Gasteiger partial charge in [-0.15, -0.1) is 0 Å². The summed E-state index contributed by atoms with van der Waals surface area (Å²) in [5.74, 6) is -1.68. The van der Waals surface area contributed by atoms with Crippen molar-refractivity contribution in [3.63, 3.8) is 0 Å². The largest absolute Gasteiger partial charge is 0.481 e. The average Bonchev–Trinajstić information content (AvgIpc) is 3.08. The van der Waals surface area contributed by atoms with Crippen LogP contribution in [0.3, 0.4) is 0 Å². The van der Waals surface area contributed by atoms with E-state index in [2.05, 4.69) is 5.32 Å². The van der Waals surface area contributed by atoms with E-state index in [1.807, 2.05) is 93.6 Å². The second-order valence-corrected chi connectivity index (χ2v) is 11.9. The molecule has 0 bridgehead atoms. The summed E-state index contributed by atoms with van der Waals surface area (Å²) < 4.78 is 5.28. The van der Waals surface area contributed by atoms with Crippen molar-refractivity contribution in [1.29, 1.82) is 0 Å². The number of aliphatic carboxylic acids is 1. The lowest BCUT2D eigenvalue weighted by atomic mass is 9.94. The van der Waals surface area contributed by atoms with Crippen molar-refractivity contribution in [2.75, 3.05) is 24.5 Å². The van der Waals surface area contributed by atoms with Gasteiger partial charge in [-0.1, -0.05) is 73.2 Å². The summed E-state index contributed by atoms with van der Waals surface area (Å²) in [5.41, 5.74) is 3.11. The summed E-state index contributed by atoms with van der Waals surface area (Å²) in [6, 6.07) is 24.5. The van der Waals surface area contributed by atoms with Crippen LogP contribution in [0.1, 0.15) is 79.5 Å². The second-order valence-electron chi connectivity index (χ2n) is 11.9. The third-order valence-corrected chi connectivity index (χ3v) is 7.33. The molecule has 0 saturated heterocycles. The van der Waals surface area contributed by atoms with Gasteiger partial charge >= 0.3 is 12.1 Å². The average molecular weight is 600 g/mol. The van der Waals surface area contributed by atoms with Gasteiger partial charge in [-0.05, 0) is 68.9 Å². The minimum Gasteiger partial charge on any atom is -0.481 e. The van der Waals surface area contributed by atoms with Gasteiger partial charge in [0.05, 0.1) is 23.7 Å². The van der Waals surface area contributed by atoms with Crippen LogP contribution in [0, 0.1) is 0 Å². The van der Waals surface area contributed by atoms with E-state index in [1.165, 1.54) is 4.90 Å². The van der Waals surface area contributed by atoms with Crippen LogP contribution in [0.15, 0.2) is 78.9 Å². The Hall–Kier alpha value is -4.66. The highest BCUT2D eigenvalue weighted by molar-refractivity contribution is 6.10. The van der Waals surface area contributed by atoms with Crippen LogP contribution in [-0.4, -0.2) is 59.1 Å². The number of nitrogens with zero attached hydrogens (tertiary/aromatic N) is 2. The van der Waals surface area contributed by atoms with Crippen molar-refractivity contribution in [3.05, 3.63) is 101 Å². The Labute approximate surface area is 258 Å². The molecule has 0 fully saturated rings. The predicted molar refractivity (Wildman–Crippen MR) is 169 cm³/mol. The Morgan fingerprint density at radius 1 is 0.909 bits per heavy atom. The molecule has 0 spiro atoms. The number of aryl methyl sites for hydroxylation is 1. The molecule has 1 heterocycles. The summed E-state index contributed by atoms with van der Waals surface area (Å²) in [4.78, 5) is 54.1. The minimum atomic E-state index is -1.03. The van der Waals surface area contributed by atoms with Crippen molar-refractivity contribution < 1.29 is 29.0 Å². The molecular formula is C35H41N3O6. The van der Waals surface area contributed by atoms with E-state index >= 15 is 0 Å². The number of carboxylic acids is 1. The number of nitrogens with one attached hydrogen (secondary N) is 1. The summed E-state index contributed by atoms with van der Waals surface area (Å²) in [5, 5.41) is 12.1. The van der Waals surface area contributed by atoms with Gasteiger partial charge in [-0.25, -0.2) is 4.79 Å². The summed E-state index contributed by atoms with van der Waals surface area (Å²) in [6.07, 6.45) is 2.55. The van der Waals surface area contributed by atoms with Gasteiger partial charge in [0.15, 0.2) is 0 Å². The molecule has 9 heteroatoms. The highest BCUT2D eigenvalue weighted by Gasteiger charge is 2.37. The maximum absolute atomic E-state index is 14.1. The normalized spacial score (nSPS) is 13.5. The quantitative estimate of drug-likeness (QED) is 0.248. The van der Waals surface area contributed by atoms with E-state index in [4.69, 9.17) is 4.74 Å². The zero-order valence-corrected chi connectivity index (χ0v) is 25.6. The Balaban J connectivity index is 1.61. The first-order chi connectivity index (χ1) is 21.0. The minimum absolute atomic E-state index is 0.0619. The van der Waals surface area contributed by atoms with Crippen LogP contribution >= 0.6 is 0 Å².